The average molecular weight is 312 g/mol. The fraction of sp³-hybridized carbons (Fsp3) is 0.625. The third-order valence-corrected chi connectivity index (χ3v) is 6.08. The molecule has 1 aromatic rings. The number of rotatable bonds is 8. The average Bonchev–Trinajstić information content (AvgIpc) is 2.48. The first-order valence-corrected chi connectivity index (χ1v) is 9.14. The highest BCUT2D eigenvalue weighted by molar-refractivity contribution is 7.89. The molecule has 0 fully saturated rings. The summed E-state index contributed by atoms with van der Waals surface area (Å²) in [5.74, 6) is 0.407. The summed E-state index contributed by atoms with van der Waals surface area (Å²) in [6.45, 7) is 9.51. The van der Waals surface area contributed by atoms with E-state index >= 15 is 0 Å². The smallest absolute Gasteiger partial charge is 0.243 e. The van der Waals surface area contributed by atoms with E-state index in [-0.39, 0.29) is 0 Å². The molecule has 0 aromatic heterocycles. The molecule has 0 aliphatic rings. The second-order valence-corrected chi connectivity index (χ2v) is 7.37. The predicted octanol–water partition coefficient (Wildman–Crippen LogP) is 2.90. The molecule has 0 saturated heterocycles. The van der Waals surface area contributed by atoms with Gasteiger partial charge in [-0.15, -0.1) is 0 Å². The van der Waals surface area contributed by atoms with Gasteiger partial charge in [-0.1, -0.05) is 39.7 Å². The molecule has 0 amide bonds. The zero-order valence-corrected chi connectivity index (χ0v) is 14.4. The van der Waals surface area contributed by atoms with E-state index in [1.165, 1.54) is 0 Å². The molecular weight excluding hydrogens is 284 g/mol. The van der Waals surface area contributed by atoms with Crippen molar-refractivity contribution >= 4 is 10.0 Å². The number of aryl methyl sites for hydroxylation is 1. The summed E-state index contributed by atoms with van der Waals surface area (Å²) in [7, 11) is -3.42. The second-order valence-electron chi connectivity index (χ2n) is 5.43. The normalized spacial score (nSPS) is 12.3. The molecule has 120 valence electrons. The largest absolute Gasteiger partial charge is 0.326 e. The molecule has 0 atom stereocenters. The van der Waals surface area contributed by atoms with Crippen LogP contribution in [0, 0.1) is 12.8 Å². The van der Waals surface area contributed by atoms with Gasteiger partial charge in [0.05, 0.1) is 4.90 Å². The van der Waals surface area contributed by atoms with Crippen LogP contribution >= 0.6 is 0 Å². The van der Waals surface area contributed by atoms with Gasteiger partial charge in [0.1, 0.15) is 0 Å². The van der Waals surface area contributed by atoms with Crippen LogP contribution in [0.5, 0.6) is 0 Å². The fourth-order valence-electron chi connectivity index (χ4n) is 2.44. The topological polar surface area (TPSA) is 63.4 Å². The summed E-state index contributed by atoms with van der Waals surface area (Å²) in [6, 6.07) is 5.21. The maximum absolute atomic E-state index is 12.8. The monoisotopic (exact) mass is 312 g/mol. The highest BCUT2D eigenvalue weighted by Gasteiger charge is 2.25. The van der Waals surface area contributed by atoms with Gasteiger partial charge in [0.2, 0.25) is 10.0 Å². The van der Waals surface area contributed by atoms with E-state index in [0.717, 1.165) is 24.0 Å². The van der Waals surface area contributed by atoms with E-state index < -0.39 is 10.0 Å². The van der Waals surface area contributed by atoms with Gasteiger partial charge in [0.25, 0.3) is 0 Å². The quantitative estimate of drug-likeness (QED) is 0.803. The number of hydrogen-bond donors (Lipinski definition) is 1. The Bertz CT molecular complexity index is 551. The number of nitrogens with zero attached hydrogens (tertiary/aromatic N) is 1. The van der Waals surface area contributed by atoms with Crippen LogP contribution in [0.15, 0.2) is 23.1 Å². The Morgan fingerprint density at radius 3 is 2.24 bits per heavy atom. The molecule has 1 aromatic carbocycles. The third-order valence-electron chi connectivity index (χ3n) is 4.14. The third kappa shape index (κ3) is 4.28. The van der Waals surface area contributed by atoms with Crippen LogP contribution in [-0.2, 0) is 16.6 Å². The van der Waals surface area contributed by atoms with Crippen molar-refractivity contribution in [3.05, 3.63) is 29.3 Å². The maximum atomic E-state index is 12.8. The molecule has 4 nitrogen and oxygen atoms in total. The first-order valence-electron chi connectivity index (χ1n) is 7.70. The van der Waals surface area contributed by atoms with E-state index in [9.17, 15) is 8.42 Å². The first-order chi connectivity index (χ1) is 9.90. The Morgan fingerprint density at radius 2 is 1.81 bits per heavy atom. The molecule has 0 spiro atoms. The van der Waals surface area contributed by atoms with Crippen molar-refractivity contribution in [2.45, 2.75) is 52.0 Å². The summed E-state index contributed by atoms with van der Waals surface area (Å²) < 4.78 is 27.1. The van der Waals surface area contributed by atoms with Gasteiger partial charge >= 0.3 is 0 Å². The summed E-state index contributed by atoms with van der Waals surface area (Å²) in [5, 5.41) is 0. The van der Waals surface area contributed by atoms with Gasteiger partial charge < -0.3 is 5.73 Å². The molecule has 0 aliphatic carbocycles. The Hall–Kier alpha value is -0.910. The van der Waals surface area contributed by atoms with E-state index in [1.807, 2.05) is 19.9 Å². The Morgan fingerprint density at radius 1 is 1.19 bits per heavy atom. The lowest BCUT2D eigenvalue weighted by atomic mass is 10.0. The van der Waals surface area contributed by atoms with Crippen molar-refractivity contribution in [2.24, 2.45) is 11.7 Å². The van der Waals surface area contributed by atoms with Crippen LogP contribution in [0.25, 0.3) is 0 Å². The Labute approximate surface area is 129 Å². The van der Waals surface area contributed by atoms with Crippen molar-refractivity contribution in [3.63, 3.8) is 0 Å². The van der Waals surface area contributed by atoms with Crippen LogP contribution in [0.2, 0.25) is 0 Å². The van der Waals surface area contributed by atoms with E-state index in [2.05, 4.69) is 13.8 Å². The Kier molecular flexibility index (Phi) is 6.84. The molecule has 1 rings (SSSR count). The summed E-state index contributed by atoms with van der Waals surface area (Å²) in [4.78, 5) is 0.366. The van der Waals surface area contributed by atoms with Crippen molar-refractivity contribution < 1.29 is 8.42 Å². The predicted molar refractivity (Wildman–Crippen MR) is 87.6 cm³/mol. The second kappa shape index (κ2) is 7.92. The first kappa shape index (κ1) is 18.1. The van der Waals surface area contributed by atoms with Crippen LogP contribution in [0.1, 0.15) is 44.7 Å². The number of nitrogens with two attached hydrogens (primary N) is 1. The number of hydrogen-bond acceptors (Lipinski definition) is 3. The minimum absolute atomic E-state index is 0.366. The Balaban J connectivity index is 3.09. The maximum Gasteiger partial charge on any atom is 0.243 e. The van der Waals surface area contributed by atoms with Gasteiger partial charge in [0.15, 0.2) is 0 Å². The molecule has 21 heavy (non-hydrogen) atoms. The van der Waals surface area contributed by atoms with Crippen LogP contribution in [0.3, 0.4) is 0 Å². The van der Waals surface area contributed by atoms with Crippen LogP contribution < -0.4 is 5.73 Å². The lowest BCUT2D eigenvalue weighted by Crippen LogP contribution is -2.35. The minimum Gasteiger partial charge on any atom is -0.326 e. The summed E-state index contributed by atoms with van der Waals surface area (Å²) in [5.41, 5.74) is 7.55. The number of benzene rings is 1. The molecule has 0 bridgehead atoms. The zero-order chi connectivity index (χ0) is 16.0. The van der Waals surface area contributed by atoms with Crippen molar-refractivity contribution in [3.8, 4) is 0 Å². The molecule has 2 N–H and O–H groups in total. The standard InChI is InChI=1S/C16H28N2O2S/c1-5-14(6-2)12-18(7-3)21(19,20)16-9-8-15(11-17)13(4)10-16/h8-10,14H,5-7,11-12,17H2,1-4H3. The van der Waals surface area contributed by atoms with Crippen molar-refractivity contribution in [1.29, 1.82) is 0 Å². The lowest BCUT2D eigenvalue weighted by Gasteiger charge is -2.25. The summed E-state index contributed by atoms with van der Waals surface area (Å²) in [6.07, 6.45) is 1.99. The van der Waals surface area contributed by atoms with E-state index in [0.29, 0.717) is 30.4 Å². The van der Waals surface area contributed by atoms with Crippen molar-refractivity contribution in [2.75, 3.05) is 13.1 Å². The zero-order valence-electron chi connectivity index (χ0n) is 13.6. The molecule has 0 radical (unpaired) electrons. The van der Waals surface area contributed by atoms with Gasteiger partial charge in [-0.3, -0.25) is 0 Å². The SMILES string of the molecule is CCC(CC)CN(CC)S(=O)(=O)c1ccc(CN)c(C)c1. The molecule has 5 heteroatoms. The minimum atomic E-state index is -3.42. The van der Waals surface area contributed by atoms with Gasteiger partial charge in [-0.05, 0) is 36.1 Å². The van der Waals surface area contributed by atoms with E-state index in [1.54, 1.807) is 16.4 Å². The lowest BCUT2D eigenvalue weighted by molar-refractivity contribution is 0.339. The van der Waals surface area contributed by atoms with Gasteiger partial charge in [0, 0.05) is 19.6 Å². The molecule has 0 aliphatic heterocycles. The van der Waals surface area contributed by atoms with Crippen LogP contribution in [-0.4, -0.2) is 25.8 Å². The molecule has 0 unspecified atom stereocenters. The molecular formula is C16H28N2O2S. The highest BCUT2D eigenvalue weighted by Crippen LogP contribution is 2.21. The summed E-state index contributed by atoms with van der Waals surface area (Å²) >= 11 is 0. The van der Waals surface area contributed by atoms with Crippen LogP contribution in [0.4, 0.5) is 0 Å². The van der Waals surface area contributed by atoms with Gasteiger partial charge in [-0.25, -0.2) is 8.42 Å². The van der Waals surface area contributed by atoms with Crippen molar-refractivity contribution in [1.82, 2.24) is 4.31 Å². The fourth-order valence-corrected chi connectivity index (χ4v) is 4.05. The number of sulfonamides is 1. The molecule has 0 saturated carbocycles. The highest BCUT2D eigenvalue weighted by atomic mass is 32.2. The molecule has 0 heterocycles. The van der Waals surface area contributed by atoms with E-state index in [4.69, 9.17) is 5.73 Å². The van der Waals surface area contributed by atoms with Gasteiger partial charge in [-0.2, -0.15) is 4.31 Å².